The van der Waals surface area contributed by atoms with Crippen molar-refractivity contribution in [2.45, 2.75) is 26.4 Å². The van der Waals surface area contributed by atoms with Gasteiger partial charge in [-0.25, -0.2) is 9.78 Å². The smallest absolute Gasteiger partial charge is 0.407 e. The van der Waals surface area contributed by atoms with Crippen LogP contribution in [0.2, 0.25) is 0 Å². The quantitative estimate of drug-likeness (QED) is 0.671. The Hall–Kier alpha value is -2.61. The Morgan fingerprint density at radius 3 is 2.30 bits per heavy atom. The number of alkyl carbamates (subject to hydrolysis) is 1. The number of nitrogens with one attached hydrogen (secondary N) is 2. The molecule has 27 heavy (non-hydrogen) atoms. The Morgan fingerprint density at radius 2 is 1.70 bits per heavy atom. The summed E-state index contributed by atoms with van der Waals surface area (Å²) in [5, 5.41) is 5.27. The van der Waals surface area contributed by atoms with E-state index in [9.17, 15) is 9.59 Å². The Bertz CT molecular complexity index is 771. The zero-order valence-electron chi connectivity index (χ0n) is 15.4. The molecule has 8 heteroatoms. The highest BCUT2D eigenvalue weighted by Crippen LogP contribution is 2.21. The molecule has 0 aliphatic heterocycles. The number of rotatable bonds is 6. The van der Waals surface area contributed by atoms with E-state index in [1.807, 2.05) is 24.3 Å². The van der Waals surface area contributed by atoms with Crippen LogP contribution < -0.4 is 15.4 Å². The van der Waals surface area contributed by atoms with Gasteiger partial charge in [0, 0.05) is 29.8 Å². The summed E-state index contributed by atoms with van der Waals surface area (Å²) < 4.78 is 11.7. The molecule has 2 aromatic rings. The molecule has 0 aliphatic rings. The van der Waals surface area contributed by atoms with Crippen LogP contribution in [0, 0.1) is 0 Å². The predicted octanol–water partition coefficient (Wildman–Crippen LogP) is 3.89. The summed E-state index contributed by atoms with van der Waals surface area (Å²) in [7, 11) is 0. The Kier molecular flexibility index (Phi) is 7.18. The number of halogens is 1. The first-order valence-electron chi connectivity index (χ1n) is 8.37. The average molecular weight is 436 g/mol. The molecule has 0 aliphatic carbocycles. The minimum Gasteiger partial charge on any atom is -0.444 e. The number of hydrogen-bond acceptors (Lipinski definition) is 5. The van der Waals surface area contributed by atoms with Crippen molar-refractivity contribution in [3.63, 3.8) is 0 Å². The van der Waals surface area contributed by atoms with Gasteiger partial charge < -0.3 is 20.1 Å². The lowest BCUT2D eigenvalue weighted by molar-refractivity contribution is 0.0526. The maximum absolute atomic E-state index is 12.1. The van der Waals surface area contributed by atoms with E-state index in [1.165, 1.54) is 6.20 Å². The average Bonchev–Trinajstić information content (AvgIpc) is 2.60. The van der Waals surface area contributed by atoms with Crippen LogP contribution in [0.25, 0.3) is 0 Å². The molecule has 0 spiro atoms. The fourth-order valence-corrected chi connectivity index (χ4v) is 2.22. The lowest BCUT2D eigenvalue weighted by Crippen LogP contribution is -2.37. The van der Waals surface area contributed by atoms with E-state index in [0.717, 1.165) is 4.47 Å². The van der Waals surface area contributed by atoms with Crippen molar-refractivity contribution in [3.05, 3.63) is 52.6 Å². The van der Waals surface area contributed by atoms with Gasteiger partial charge in [-0.1, -0.05) is 15.9 Å². The van der Waals surface area contributed by atoms with E-state index in [4.69, 9.17) is 9.47 Å². The van der Waals surface area contributed by atoms with Crippen molar-refractivity contribution in [2.24, 2.45) is 0 Å². The number of amides is 2. The monoisotopic (exact) mass is 435 g/mol. The Morgan fingerprint density at radius 1 is 1.04 bits per heavy atom. The minimum atomic E-state index is -0.556. The third-order valence-corrected chi connectivity index (χ3v) is 3.64. The van der Waals surface area contributed by atoms with Crippen LogP contribution >= 0.6 is 15.9 Å². The third-order valence-electron chi connectivity index (χ3n) is 3.11. The SMILES string of the molecule is CC(C)(C)OC(=O)NCCNC(=O)c1ccc(Oc2ccc(Br)cc2)nc1. The molecule has 2 N–H and O–H groups in total. The second-order valence-electron chi connectivity index (χ2n) is 6.63. The number of aromatic nitrogens is 1. The first kappa shape index (κ1) is 20.7. The molecule has 0 radical (unpaired) electrons. The molecule has 1 aromatic carbocycles. The fraction of sp³-hybridized carbons (Fsp3) is 0.316. The van der Waals surface area contributed by atoms with Crippen LogP contribution in [0.1, 0.15) is 31.1 Å². The van der Waals surface area contributed by atoms with E-state index in [-0.39, 0.29) is 19.0 Å². The van der Waals surface area contributed by atoms with E-state index in [2.05, 4.69) is 31.5 Å². The van der Waals surface area contributed by atoms with Crippen molar-refractivity contribution in [2.75, 3.05) is 13.1 Å². The van der Waals surface area contributed by atoms with E-state index >= 15 is 0 Å². The third kappa shape index (κ3) is 7.65. The number of ether oxygens (including phenoxy) is 2. The maximum Gasteiger partial charge on any atom is 0.407 e. The van der Waals surface area contributed by atoms with Gasteiger partial charge in [-0.3, -0.25) is 4.79 Å². The molecule has 1 heterocycles. The van der Waals surface area contributed by atoms with E-state index in [0.29, 0.717) is 17.2 Å². The first-order chi connectivity index (χ1) is 12.7. The Labute approximate surface area is 166 Å². The molecule has 2 rings (SSSR count). The van der Waals surface area contributed by atoms with Gasteiger partial charge in [-0.15, -0.1) is 0 Å². The summed E-state index contributed by atoms with van der Waals surface area (Å²) >= 11 is 3.36. The molecule has 1 aromatic heterocycles. The van der Waals surface area contributed by atoms with Crippen LogP contribution in [0.3, 0.4) is 0 Å². The van der Waals surface area contributed by atoms with Gasteiger partial charge in [0.25, 0.3) is 5.91 Å². The van der Waals surface area contributed by atoms with Crippen LogP contribution in [-0.2, 0) is 4.74 Å². The molecular formula is C19H22BrN3O4. The summed E-state index contributed by atoms with van der Waals surface area (Å²) in [6.45, 7) is 5.89. The standard InChI is InChI=1S/C19H22BrN3O4/c1-19(2,3)27-18(25)22-11-10-21-17(24)13-4-9-16(23-12-13)26-15-7-5-14(20)6-8-15/h4-9,12H,10-11H2,1-3H3,(H,21,24)(H,22,25). The predicted molar refractivity (Wildman–Crippen MR) is 105 cm³/mol. The normalized spacial score (nSPS) is 10.8. The van der Waals surface area contributed by atoms with Crippen LogP contribution in [0.5, 0.6) is 11.6 Å². The lowest BCUT2D eigenvalue weighted by Gasteiger charge is -2.19. The molecule has 0 saturated carbocycles. The van der Waals surface area contributed by atoms with Crippen molar-refractivity contribution >= 4 is 27.9 Å². The highest BCUT2D eigenvalue weighted by molar-refractivity contribution is 9.10. The second kappa shape index (κ2) is 9.36. The van der Waals surface area contributed by atoms with Gasteiger partial charge in [-0.05, 0) is 51.1 Å². The summed E-state index contributed by atoms with van der Waals surface area (Å²) in [6, 6.07) is 10.6. The number of benzene rings is 1. The van der Waals surface area contributed by atoms with Crippen LogP contribution in [0.15, 0.2) is 47.1 Å². The minimum absolute atomic E-state index is 0.263. The molecule has 7 nitrogen and oxygen atoms in total. The zero-order valence-corrected chi connectivity index (χ0v) is 17.0. The van der Waals surface area contributed by atoms with Gasteiger partial charge >= 0.3 is 6.09 Å². The van der Waals surface area contributed by atoms with Gasteiger partial charge in [0.05, 0.1) is 5.56 Å². The largest absolute Gasteiger partial charge is 0.444 e. The number of carbonyl (C=O) groups is 2. The molecule has 144 valence electrons. The van der Waals surface area contributed by atoms with Gasteiger partial charge in [0.2, 0.25) is 5.88 Å². The van der Waals surface area contributed by atoms with E-state index in [1.54, 1.807) is 32.9 Å². The summed E-state index contributed by atoms with van der Waals surface area (Å²) in [5.41, 5.74) is -0.158. The Balaban J connectivity index is 1.76. The van der Waals surface area contributed by atoms with Crippen molar-refractivity contribution < 1.29 is 19.1 Å². The summed E-state index contributed by atoms with van der Waals surface area (Å²) in [4.78, 5) is 27.7. The number of carbonyl (C=O) groups excluding carboxylic acids is 2. The first-order valence-corrected chi connectivity index (χ1v) is 9.17. The topological polar surface area (TPSA) is 89.6 Å². The number of hydrogen-bond donors (Lipinski definition) is 2. The van der Waals surface area contributed by atoms with Gasteiger partial charge in [0.1, 0.15) is 11.4 Å². The summed E-state index contributed by atoms with van der Waals surface area (Å²) in [5.74, 6) is 0.750. The highest BCUT2D eigenvalue weighted by Gasteiger charge is 2.15. The van der Waals surface area contributed by atoms with Crippen molar-refractivity contribution in [1.82, 2.24) is 15.6 Å². The molecule has 0 saturated heterocycles. The second-order valence-corrected chi connectivity index (χ2v) is 7.54. The molecule has 0 fully saturated rings. The summed E-state index contributed by atoms with van der Waals surface area (Å²) in [6.07, 6.45) is 0.915. The zero-order chi connectivity index (χ0) is 19.9. The van der Waals surface area contributed by atoms with Gasteiger partial charge in [-0.2, -0.15) is 0 Å². The fourth-order valence-electron chi connectivity index (χ4n) is 1.96. The van der Waals surface area contributed by atoms with Crippen LogP contribution in [0.4, 0.5) is 4.79 Å². The van der Waals surface area contributed by atoms with Crippen molar-refractivity contribution in [1.29, 1.82) is 0 Å². The lowest BCUT2D eigenvalue weighted by atomic mass is 10.2. The highest BCUT2D eigenvalue weighted by atomic mass is 79.9. The molecular weight excluding hydrogens is 414 g/mol. The van der Waals surface area contributed by atoms with Crippen molar-refractivity contribution in [3.8, 4) is 11.6 Å². The maximum atomic E-state index is 12.1. The molecule has 0 bridgehead atoms. The molecule has 2 amide bonds. The number of pyridine rings is 1. The molecule has 0 unspecified atom stereocenters. The van der Waals surface area contributed by atoms with Crippen LogP contribution in [-0.4, -0.2) is 35.7 Å². The van der Waals surface area contributed by atoms with Gasteiger partial charge in [0.15, 0.2) is 0 Å². The molecule has 0 atom stereocenters. The van der Waals surface area contributed by atoms with E-state index < -0.39 is 11.7 Å². The number of nitrogens with zero attached hydrogens (tertiary/aromatic N) is 1.